The molecule has 0 aliphatic carbocycles. The van der Waals surface area contributed by atoms with Crippen LogP contribution in [0, 0.1) is 12.7 Å². The summed E-state index contributed by atoms with van der Waals surface area (Å²) in [5, 5.41) is 2.68. The Bertz CT molecular complexity index is 730. The second-order valence-corrected chi connectivity index (χ2v) is 5.58. The normalized spacial score (nSPS) is 11.6. The zero-order valence-electron chi connectivity index (χ0n) is 13.7. The van der Waals surface area contributed by atoms with Crippen LogP contribution in [0.4, 0.5) is 4.39 Å². The summed E-state index contributed by atoms with van der Waals surface area (Å²) in [4.78, 5) is 24.2. The number of nitrogens with one attached hydrogen (secondary N) is 1. The molecule has 0 radical (unpaired) electrons. The monoisotopic (exact) mass is 329 g/mol. The standard InChI is InChI=1S/C19H20FNO3/c1-13-6-3-4-8-15(13)12-17(19(23)24-2)21-18(22)11-14-7-5-9-16(20)10-14/h3-10,17H,11-12H2,1-2H3,(H,21,22)/t17-/m0/s1. The molecule has 0 aliphatic rings. The van der Waals surface area contributed by atoms with Crippen molar-refractivity contribution < 1.29 is 18.7 Å². The fourth-order valence-electron chi connectivity index (χ4n) is 2.47. The molecule has 2 aromatic carbocycles. The van der Waals surface area contributed by atoms with E-state index < -0.39 is 17.8 Å². The number of benzene rings is 2. The predicted octanol–water partition coefficient (Wildman–Crippen LogP) is 2.58. The van der Waals surface area contributed by atoms with Crippen LogP contribution >= 0.6 is 0 Å². The van der Waals surface area contributed by atoms with Crippen LogP contribution in [0.1, 0.15) is 16.7 Å². The van der Waals surface area contributed by atoms with Gasteiger partial charge < -0.3 is 10.1 Å². The lowest BCUT2D eigenvalue weighted by Crippen LogP contribution is -2.43. The highest BCUT2D eigenvalue weighted by Crippen LogP contribution is 2.11. The summed E-state index contributed by atoms with van der Waals surface area (Å²) >= 11 is 0. The molecule has 1 N–H and O–H groups in total. The van der Waals surface area contributed by atoms with Crippen molar-refractivity contribution in [3.05, 3.63) is 71.0 Å². The molecule has 24 heavy (non-hydrogen) atoms. The molecule has 5 heteroatoms. The lowest BCUT2D eigenvalue weighted by molar-refractivity contribution is -0.145. The smallest absolute Gasteiger partial charge is 0.328 e. The molecule has 0 unspecified atom stereocenters. The molecular formula is C19H20FNO3. The minimum Gasteiger partial charge on any atom is -0.467 e. The largest absolute Gasteiger partial charge is 0.467 e. The highest BCUT2D eigenvalue weighted by Gasteiger charge is 2.22. The van der Waals surface area contributed by atoms with E-state index in [1.165, 1.54) is 19.2 Å². The molecule has 1 amide bonds. The SMILES string of the molecule is COC(=O)[C@H](Cc1ccccc1C)NC(=O)Cc1cccc(F)c1. The van der Waals surface area contributed by atoms with Gasteiger partial charge in [-0.1, -0.05) is 36.4 Å². The first-order valence-corrected chi connectivity index (χ1v) is 7.65. The summed E-state index contributed by atoms with van der Waals surface area (Å²) in [5.74, 6) is -1.26. The van der Waals surface area contributed by atoms with Gasteiger partial charge in [-0.2, -0.15) is 0 Å². The Morgan fingerprint density at radius 2 is 1.92 bits per heavy atom. The maximum atomic E-state index is 13.2. The molecule has 2 aromatic rings. The zero-order valence-corrected chi connectivity index (χ0v) is 13.7. The third-order valence-corrected chi connectivity index (χ3v) is 3.76. The van der Waals surface area contributed by atoms with Crippen molar-refractivity contribution in [1.29, 1.82) is 0 Å². The van der Waals surface area contributed by atoms with Crippen molar-refractivity contribution in [2.45, 2.75) is 25.8 Å². The van der Waals surface area contributed by atoms with Gasteiger partial charge in [0.2, 0.25) is 5.91 Å². The molecular weight excluding hydrogens is 309 g/mol. The van der Waals surface area contributed by atoms with Crippen molar-refractivity contribution in [2.24, 2.45) is 0 Å². The van der Waals surface area contributed by atoms with Crippen LogP contribution in [0.3, 0.4) is 0 Å². The van der Waals surface area contributed by atoms with E-state index in [9.17, 15) is 14.0 Å². The van der Waals surface area contributed by atoms with E-state index in [4.69, 9.17) is 4.74 Å². The molecule has 4 nitrogen and oxygen atoms in total. The van der Waals surface area contributed by atoms with Gasteiger partial charge in [-0.25, -0.2) is 9.18 Å². The van der Waals surface area contributed by atoms with Gasteiger partial charge in [0, 0.05) is 6.42 Å². The average molecular weight is 329 g/mol. The Morgan fingerprint density at radius 3 is 2.58 bits per heavy atom. The highest BCUT2D eigenvalue weighted by atomic mass is 19.1. The van der Waals surface area contributed by atoms with Gasteiger partial charge in [0.05, 0.1) is 13.5 Å². The Kier molecular flexibility index (Phi) is 6.07. The summed E-state index contributed by atoms with van der Waals surface area (Å²) in [6, 6.07) is 12.7. The van der Waals surface area contributed by atoms with Crippen molar-refractivity contribution in [3.63, 3.8) is 0 Å². The third-order valence-electron chi connectivity index (χ3n) is 3.76. The van der Waals surface area contributed by atoms with Gasteiger partial charge in [-0.15, -0.1) is 0 Å². The minimum atomic E-state index is -0.780. The van der Waals surface area contributed by atoms with Crippen LogP contribution in [0.25, 0.3) is 0 Å². The first-order chi connectivity index (χ1) is 11.5. The fraction of sp³-hybridized carbons (Fsp3) is 0.263. The summed E-state index contributed by atoms with van der Waals surface area (Å²) < 4.78 is 18.0. The van der Waals surface area contributed by atoms with Gasteiger partial charge >= 0.3 is 5.97 Å². The van der Waals surface area contributed by atoms with Crippen molar-refractivity contribution in [2.75, 3.05) is 7.11 Å². The summed E-state index contributed by atoms with van der Waals surface area (Å²) in [6.45, 7) is 1.94. The maximum Gasteiger partial charge on any atom is 0.328 e. The minimum absolute atomic E-state index is 0.000966. The highest BCUT2D eigenvalue weighted by molar-refractivity contribution is 5.85. The van der Waals surface area contributed by atoms with Crippen LogP contribution in [-0.2, 0) is 27.2 Å². The number of carbonyl (C=O) groups is 2. The molecule has 126 valence electrons. The first-order valence-electron chi connectivity index (χ1n) is 7.65. The third kappa shape index (κ3) is 4.91. The van der Waals surface area contributed by atoms with E-state index in [2.05, 4.69) is 5.32 Å². The van der Waals surface area contributed by atoms with Crippen LogP contribution in [0.2, 0.25) is 0 Å². The number of aryl methyl sites for hydroxylation is 1. The molecule has 0 spiro atoms. The molecule has 1 atom stereocenters. The van der Waals surface area contributed by atoms with E-state index in [1.54, 1.807) is 12.1 Å². The van der Waals surface area contributed by atoms with Crippen molar-refractivity contribution >= 4 is 11.9 Å². The average Bonchev–Trinajstić information content (AvgIpc) is 2.55. The number of methoxy groups -OCH3 is 1. The zero-order chi connectivity index (χ0) is 17.5. The molecule has 0 bridgehead atoms. The molecule has 2 rings (SSSR count). The van der Waals surface area contributed by atoms with E-state index in [0.29, 0.717) is 12.0 Å². The second kappa shape index (κ2) is 8.24. The number of carbonyl (C=O) groups excluding carboxylic acids is 2. The number of hydrogen-bond acceptors (Lipinski definition) is 3. The Hall–Kier alpha value is -2.69. The molecule has 0 saturated carbocycles. The number of ether oxygens (including phenoxy) is 1. The Labute approximate surface area is 140 Å². The van der Waals surface area contributed by atoms with Gasteiger partial charge in [-0.3, -0.25) is 4.79 Å². The van der Waals surface area contributed by atoms with E-state index in [0.717, 1.165) is 11.1 Å². The van der Waals surface area contributed by atoms with Crippen LogP contribution < -0.4 is 5.32 Å². The lowest BCUT2D eigenvalue weighted by Gasteiger charge is -2.17. The number of rotatable bonds is 6. The number of hydrogen-bond donors (Lipinski definition) is 1. The van der Waals surface area contributed by atoms with Gasteiger partial charge in [0.15, 0.2) is 0 Å². The Morgan fingerprint density at radius 1 is 1.17 bits per heavy atom. The molecule has 0 aliphatic heterocycles. The molecule has 0 fully saturated rings. The fourth-order valence-corrected chi connectivity index (χ4v) is 2.47. The van der Waals surface area contributed by atoms with Crippen LogP contribution in [0.15, 0.2) is 48.5 Å². The van der Waals surface area contributed by atoms with Gasteiger partial charge in [0.1, 0.15) is 11.9 Å². The lowest BCUT2D eigenvalue weighted by atomic mass is 10.0. The number of amides is 1. The van der Waals surface area contributed by atoms with Crippen molar-refractivity contribution in [1.82, 2.24) is 5.32 Å². The summed E-state index contributed by atoms with van der Waals surface area (Å²) in [5.41, 5.74) is 2.54. The van der Waals surface area contributed by atoms with Gasteiger partial charge in [-0.05, 0) is 35.7 Å². The summed E-state index contributed by atoms with van der Waals surface area (Å²) in [7, 11) is 1.28. The van der Waals surface area contributed by atoms with Crippen molar-refractivity contribution in [3.8, 4) is 0 Å². The molecule has 0 saturated heterocycles. The van der Waals surface area contributed by atoms with Crippen LogP contribution in [-0.4, -0.2) is 25.0 Å². The van der Waals surface area contributed by atoms with Crippen LogP contribution in [0.5, 0.6) is 0 Å². The molecule has 0 heterocycles. The number of halogens is 1. The van der Waals surface area contributed by atoms with E-state index in [1.807, 2.05) is 31.2 Å². The predicted molar refractivity (Wildman–Crippen MR) is 88.9 cm³/mol. The summed E-state index contributed by atoms with van der Waals surface area (Å²) in [6.07, 6.45) is 0.341. The maximum absolute atomic E-state index is 13.2. The topological polar surface area (TPSA) is 55.4 Å². The Balaban J connectivity index is 2.07. The van der Waals surface area contributed by atoms with E-state index >= 15 is 0 Å². The van der Waals surface area contributed by atoms with Gasteiger partial charge in [0.25, 0.3) is 0 Å². The first kappa shape index (κ1) is 17.7. The second-order valence-electron chi connectivity index (χ2n) is 5.58. The number of esters is 1. The van der Waals surface area contributed by atoms with E-state index in [-0.39, 0.29) is 12.3 Å². The molecule has 0 aromatic heterocycles. The quantitative estimate of drug-likeness (QED) is 0.829.